The van der Waals surface area contributed by atoms with Crippen LogP contribution in [0, 0.1) is 6.92 Å². The quantitative estimate of drug-likeness (QED) is 0.797. The summed E-state index contributed by atoms with van der Waals surface area (Å²) in [4.78, 5) is 13.9. The predicted octanol–water partition coefficient (Wildman–Crippen LogP) is 1.85. The van der Waals surface area contributed by atoms with Gasteiger partial charge < -0.3 is 9.80 Å². The summed E-state index contributed by atoms with van der Waals surface area (Å²) in [5.41, 5.74) is 1.01. The van der Waals surface area contributed by atoms with Gasteiger partial charge in [0.2, 0.25) is 0 Å². The number of anilines is 1. The summed E-state index contributed by atoms with van der Waals surface area (Å²) in [6.45, 7) is 6.88. The Labute approximate surface area is 109 Å². The smallest absolute Gasteiger partial charge is 0.147 e. The lowest BCUT2D eigenvalue weighted by Crippen LogP contribution is -2.44. The molecule has 3 rings (SSSR count). The van der Waals surface area contributed by atoms with E-state index in [0.29, 0.717) is 0 Å². The third-order valence-corrected chi connectivity index (χ3v) is 4.19. The molecule has 2 saturated heterocycles. The third kappa shape index (κ3) is 2.48. The topological polar surface area (TPSA) is 32.3 Å². The summed E-state index contributed by atoms with van der Waals surface area (Å²) < 4.78 is 0. The number of likely N-dealkylation sites (tertiary alicyclic amines) is 1. The molecule has 98 valence electrons. The van der Waals surface area contributed by atoms with Crippen LogP contribution in [0.4, 0.5) is 5.82 Å². The standard InChI is InChI=1S/C14H22N4/c1-12-10-15-11-14(16-12)18-8-4-13(5-9-18)17-6-2-3-7-17/h10-11,13H,2-9H2,1H3. The molecule has 0 radical (unpaired) electrons. The zero-order valence-electron chi connectivity index (χ0n) is 11.2. The fourth-order valence-corrected chi connectivity index (χ4v) is 3.17. The molecule has 1 aromatic heterocycles. The highest BCUT2D eigenvalue weighted by molar-refractivity contribution is 5.36. The molecule has 0 aliphatic carbocycles. The Hall–Kier alpha value is -1.16. The molecule has 0 aromatic carbocycles. The summed E-state index contributed by atoms with van der Waals surface area (Å²) >= 11 is 0. The molecule has 3 heterocycles. The van der Waals surface area contributed by atoms with E-state index in [9.17, 15) is 0 Å². The Morgan fingerprint density at radius 1 is 1.06 bits per heavy atom. The molecular formula is C14H22N4. The second-order valence-corrected chi connectivity index (χ2v) is 5.48. The first kappa shape index (κ1) is 11.9. The Bertz CT molecular complexity index is 393. The second kappa shape index (κ2) is 5.22. The number of nitrogens with zero attached hydrogens (tertiary/aromatic N) is 4. The van der Waals surface area contributed by atoms with Crippen molar-refractivity contribution in [2.45, 2.75) is 38.6 Å². The average molecular weight is 246 g/mol. The Balaban J connectivity index is 1.59. The fourth-order valence-electron chi connectivity index (χ4n) is 3.17. The summed E-state index contributed by atoms with van der Waals surface area (Å²) in [7, 11) is 0. The van der Waals surface area contributed by atoms with Crippen LogP contribution in [0.15, 0.2) is 12.4 Å². The van der Waals surface area contributed by atoms with Gasteiger partial charge in [0.1, 0.15) is 5.82 Å². The number of piperidine rings is 1. The van der Waals surface area contributed by atoms with Gasteiger partial charge in [-0.3, -0.25) is 4.98 Å². The second-order valence-electron chi connectivity index (χ2n) is 5.48. The molecule has 0 atom stereocenters. The monoisotopic (exact) mass is 246 g/mol. The summed E-state index contributed by atoms with van der Waals surface area (Å²) in [6, 6.07) is 0.807. The van der Waals surface area contributed by atoms with Crippen LogP contribution in [0.2, 0.25) is 0 Å². The molecule has 1 aromatic rings. The SMILES string of the molecule is Cc1cncc(N2CCC(N3CCCC3)CC2)n1. The summed E-state index contributed by atoms with van der Waals surface area (Å²) in [6.07, 6.45) is 9.04. The zero-order valence-corrected chi connectivity index (χ0v) is 11.2. The van der Waals surface area contributed by atoms with Crippen LogP contribution >= 0.6 is 0 Å². The molecule has 0 spiro atoms. The van der Waals surface area contributed by atoms with Crippen LogP contribution in [-0.4, -0.2) is 47.1 Å². The third-order valence-electron chi connectivity index (χ3n) is 4.19. The van der Waals surface area contributed by atoms with Crippen molar-refractivity contribution in [2.24, 2.45) is 0 Å². The van der Waals surface area contributed by atoms with Gasteiger partial charge in [0.15, 0.2) is 0 Å². The number of rotatable bonds is 2. The van der Waals surface area contributed by atoms with Gasteiger partial charge in [-0.2, -0.15) is 0 Å². The molecule has 2 aliphatic rings. The molecule has 0 amide bonds. The normalized spacial score (nSPS) is 22.6. The van der Waals surface area contributed by atoms with Gasteiger partial charge in [0.25, 0.3) is 0 Å². The van der Waals surface area contributed by atoms with Crippen molar-refractivity contribution in [3.63, 3.8) is 0 Å². The highest BCUT2D eigenvalue weighted by Gasteiger charge is 2.26. The number of aryl methyl sites for hydroxylation is 1. The van der Waals surface area contributed by atoms with E-state index in [1.165, 1.54) is 38.8 Å². The molecule has 0 N–H and O–H groups in total. The van der Waals surface area contributed by atoms with Gasteiger partial charge in [0.05, 0.1) is 11.9 Å². The van der Waals surface area contributed by atoms with Gasteiger partial charge in [0, 0.05) is 25.3 Å². The lowest BCUT2D eigenvalue weighted by molar-refractivity contribution is 0.207. The maximum Gasteiger partial charge on any atom is 0.147 e. The zero-order chi connectivity index (χ0) is 12.4. The van der Waals surface area contributed by atoms with E-state index in [0.717, 1.165) is 30.6 Å². The first-order valence-electron chi connectivity index (χ1n) is 7.10. The van der Waals surface area contributed by atoms with Crippen LogP contribution in [0.25, 0.3) is 0 Å². The van der Waals surface area contributed by atoms with Crippen LogP contribution in [0.1, 0.15) is 31.4 Å². The molecule has 4 nitrogen and oxygen atoms in total. The van der Waals surface area contributed by atoms with Crippen LogP contribution in [0.5, 0.6) is 0 Å². The predicted molar refractivity (Wildman–Crippen MR) is 72.8 cm³/mol. The van der Waals surface area contributed by atoms with Crippen LogP contribution < -0.4 is 4.90 Å². The largest absolute Gasteiger partial charge is 0.355 e. The molecule has 0 unspecified atom stereocenters. The summed E-state index contributed by atoms with van der Waals surface area (Å²) in [5.74, 6) is 1.05. The lowest BCUT2D eigenvalue weighted by atomic mass is 10.0. The first-order chi connectivity index (χ1) is 8.83. The number of hydrogen-bond acceptors (Lipinski definition) is 4. The molecule has 0 saturated carbocycles. The van der Waals surface area contributed by atoms with Crippen molar-refractivity contribution in [3.05, 3.63) is 18.1 Å². The van der Waals surface area contributed by atoms with E-state index in [-0.39, 0.29) is 0 Å². The minimum Gasteiger partial charge on any atom is -0.355 e. The Kier molecular flexibility index (Phi) is 3.46. The molecule has 2 aliphatic heterocycles. The van der Waals surface area contributed by atoms with Gasteiger partial charge in [-0.1, -0.05) is 0 Å². The fraction of sp³-hybridized carbons (Fsp3) is 0.714. The van der Waals surface area contributed by atoms with E-state index in [1.54, 1.807) is 0 Å². The molecule has 4 heteroatoms. The van der Waals surface area contributed by atoms with E-state index < -0.39 is 0 Å². The maximum atomic E-state index is 4.57. The van der Waals surface area contributed by atoms with Crippen molar-refractivity contribution in [1.29, 1.82) is 0 Å². The lowest BCUT2D eigenvalue weighted by Gasteiger charge is -2.37. The minimum atomic E-state index is 0.807. The van der Waals surface area contributed by atoms with E-state index >= 15 is 0 Å². The maximum absolute atomic E-state index is 4.57. The minimum absolute atomic E-state index is 0.807. The van der Waals surface area contributed by atoms with Gasteiger partial charge in [-0.15, -0.1) is 0 Å². The number of hydrogen-bond donors (Lipinski definition) is 0. The van der Waals surface area contributed by atoms with Crippen molar-refractivity contribution in [2.75, 3.05) is 31.1 Å². The summed E-state index contributed by atoms with van der Waals surface area (Å²) in [5, 5.41) is 0. The average Bonchev–Trinajstić information content (AvgIpc) is 2.93. The Morgan fingerprint density at radius 3 is 2.44 bits per heavy atom. The molecule has 0 bridgehead atoms. The number of aromatic nitrogens is 2. The van der Waals surface area contributed by atoms with E-state index in [2.05, 4.69) is 19.8 Å². The van der Waals surface area contributed by atoms with Crippen molar-refractivity contribution in [1.82, 2.24) is 14.9 Å². The van der Waals surface area contributed by atoms with Crippen LogP contribution in [0.3, 0.4) is 0 Å². The van der Waals surface area contributed by atoms with Gasteiger partial charge >= 0.3 is 0 Å². The molecular weight excluding hydrogens is 224 g/mol. The first-order valence-corrected chi connectivity index (χ1v) is 7.10. The highest BCUT2D eigenvalue weighted by atomic mass is 15.2. The molecule has 2 fully saturated rings. The molecule has 18 heavy (non-hydrogen) atoms. The van der Waals surface area contributed by atoms with Crippen molar-refractivity contribution >= 4 is 5.82 Å². The van der Waals surface area contributed by atoms with Crippen LogP contribution in [-0.2, 0) is 0 Å². The van der Waals surface area contributed by atoms with Crippen molar-refractivity contribution in [3.8, 4) is 0 Å². The Morgan fingerprint density at radius 2 is 1.78 bits per heavy atom. The van der Waals surface area contributed by atoms with Gasteiger partial charge in [-0.05, 0) is 45.7 Å². The van der Waals surface area contributed by atoms with E-state index in [4.69, 9.17) is 0 Å². The van der Waals surface area contributed by atoms with E-state index in [1.807, 2.05) is 19.3 Å². The highest BCUT2D eigenvalue weighted by Crippen LogP contribution is 2.23. The van der Waals surface area contributed by atoms with Crippen molar-refractivity contribution < 1.29 is 0 Å². The van der Waals surface area contributed by atoms with Gasteiger partial charge in [-0.25, -0.2) is 4.98 Å².